The molecule has 0 N–H and O–H groups in total. The molecule has 67 heavy (non-hydrogen) atoms. The lowest BCUT2D eigenvalue weighted by Gasteiger charge is -2.18. The molecule has 0 saturated heterocycles. The van der Waals surface area contributed by atoms with Gasteiger partial charge in [-0.2, -0.15) is 0 Å². The Morgan fingerprint density at radius 3 is 1.01 bits per heavy atom. The summed E-state index contributed by atoms with van der Waals surface area (Å²) in [5.74, 6) is -1.16. The van der Waals surface area contributed by atoms with Crippen LogP contribution in [0.2, 0.25) is 0 Å². The highest BCUT2D eigenvalue weighted by atomic mass is 16.6. The van der Waals surface area contributed by atoms with Crippen molar-refractivity contribution in [1.29, 1.82) is 0 Å². The first-order valence-corrected chi connectivity index (χ1v) is 26.0. The molecule has 0 radical (unpaired) electrons. The third kappa shape index (κ3) is 51.9. The smallest absolute Gasteiger partial charge is 0.309 e. The Bertz CT molecular complexity index is 1570. The lowest BCUT2D eigenvalue weighted by atomic mass is 10.1. The molecule has 0 saturated carbocycles. The Labute approximate surface area is 409 Å². The highest BCUT2D eigenvalue weighted by molar-refractivity contribution is 5.72. The number of hydrogen-bond acceptors (Lipinski definition) is 6. The van der Waals surface area contributed by atoms with Gasteiger partial charge in [0.15, 0.2) is 6.10 Å². The molecular weight excluding hydrogens is 829 g/mol. The average molecular weight is 921 g/mol. The van der Waals surface area contributed by atoms with Crippen molar-refractivity contribution in [3.05, 3.63) is 158 Å². The van der Waals surface area contributed by atoms with E-state index in [4.69, 9.17) is 14.2 Å². The summed E-state index contributed by atoms with van der Waals surface area (Å²) in [5, 5.41) is 0. The van der Waals surface area contributed by atoms with Crippen molar-refractivity contribution in [2.24, 2.45) is 0 Å². The first-order valence-electron chi connectivity index (χ1n) is 26.0. The molecule has 6 nitrogen and oxygen atoms in total. The standard InChI is InChI=1S/C61H92O6/c1-4-7-10-13-16-19-22-25-28-30-33-36-39-42-45-48-51-54-60(63)66-57-58(56-65-59(62)53-50-47-44-41-38-35-32-27-24-21-18-15-12-9-6-3)67-61(64)55-52-49-46-43-40-37-34-31-29-26-23-20-17-14-11-8-5-2/h7-12,16-21,25-29,32-33,36,38,41-42,45,47,50,58H,4-6,13-15,22-24,30-31,34-35,37,39-40,43-44,46,48-49,51-57H2,1-3H3/b10-7-,11-8-,12-9-,19-16-,20-17-,21-18-,28-25-,29-26-,32-27-,36-33-,41-38-,45-42-,50-47-. The summed E-state index contributed by atoms with van der Waals surface area (Å²) in [5.41, 5.74) is 0. The van der Waals surface area contributed by atoms with Crippen molar-refractivity contribution in [3.8, 4) is 0 Å². The molecule has 0 aliphatic carbocycles. The summed E-state index contributed by atoms with van der Waals surface area (Å²) < 4.78 is 16.6. The van der Waals surface area contributed by atoms with Gasteiger partial charge in [-0.25, -0.2) is 0 Å². The van der Waals surface area contributed by atoms with E-state index in [9.17, 15) is 14.4 Å². The largest absolute Gasteiger partial charge is 0.462 e. The van der Waals surface area contributed by atoms with Gasteiger partial charge in [-0.1, -0.05) is 211 Å². The fourth-order valence-corrected chi connectivity index (χ4v) is 6.27. The molecule has 0 aliphatic rings. The molecule has 0 fully saturated rings. The van der Waals surface area contributed by atoms with Crippen LogP contribution in [-0.4, -0.2) is 37.2 Å². The zero-order chi connectivity index (χ0) is 48.6. The monoisotopic (exact) mass is 921 g/mol. The number of unbranched alkanes of at least 4 members (excludes halogenated alkanes) is 8. The molecule has 0 aromatic rings. The molecule has 0 amide bonds. The molecule has 0 spiro atoms. The van der Waals surface area contributed by atoms with Gasteiger partial charge in [-0.15, -0.1) is 0 Å². The number of hydrogen-bond donors (Lipinski definition) is 0. The first kappa shape index (κ1) is 62.0. The zero-order valence-electron chi connectivity index (χ0n) is 42.3. The van der Waals surface area contributed by atoms with Crippen LogP contribution >= 0.6 is 0 Å². The lowest BCUT2D eigenvalue weighted by Crippen LogP contribution is -2.30. The Morgan fingerprint density at radius 1 is 0.313 bits per heavy atom. The van der Waals surface area contributed by atoms with Crippen molar-refractivity contribution in [3.63, 3.8) is 0 Å². The van der Waals surface area contributed by atoms with Crippen molar-refractivity contribution in [2.75, 3.05) is 13.2 Å². The summed E-state index contributed by atoms with van der Waals surface area (Å²) in [6, 6.07) is 0. The average Bonchev–Trinajstić information content (AvgIpc) is 3.33. The molecule has 0 aromatic heterocycles. The highest BCUT2D eigenvalue weighted by Gasteiger charge is 2.19. The summed E-state index contributed by atoms with van der Waals surface area (Å²) in [4.78, 5) is 38.0. The zero-order valence-corrected chi connectivity index (χ0v) is 42.3. The van der Waals surface area contributed by atoms with E-state index in [0.29, 0.717) is 6.42 Å². The molecule has 0 aliphatic heterocycles. The third-order valence-electron chi connectivity index (χ3n) is 10.0. The fourth-order valence-electron chi connectivity index (χ4n) is 6.27. The Kier molecular flexibility index (Phi) is 49.7. The molecule has 6 heteroatoms. The molecule has 0 heterocycles. The van der Waals surface area contributed by atoms with Crippen molar-refractivity contribution in [2.45, 2.75) is 194 Å². The van der Waals surface area contributed by atoms with E-state index >= 15 is 0 Å². The number of ether oxygens (including phenoxy) is 3. The van der Waals surface area contributed by atoms with Crippen LogP contribution in [0.5, 0.6) is 0 Å². The second-order valence-electron chi connectivity index (χ2n) is 16.3. The molecule has 0 aromatic carbocycles. The van der Waals surface area contributed by atoms with Crippen LogP contribution in [0.25, 0.3) is 0 Å². The molecule has 0 bridgehead atoms. The van der Waals surface area contributed by atoms with Gasteiger partial charge in [-0.05, 0) is 116 Å². The van der Waals surface area contributed by atoms with Gasteiger partial charge < -0.3 is 14.2 Å². The summed E-state index contributed by atoms with van der Waals surface area (Å²) >= 11 is 0. The minimum absolute atomic E-state index is 0.107. The normalized spacial score (nSPS) is 13.4. The number of carbonyl (C=O) groups is 3. The Balaban J connectivity index is 4.64. The second kappa shape index (κ2) is 53.6. The number of esters is 3. The van der Waals surface area contributed by atoms with E-state index in [-0.39, 0.29) is 44.4 Å². The predicted octanol–water partition coefficient (Wildman–Crippen LogP) is 17.4. The van der Waals surface area contributed by atoms with Gasteiger partial charge >= 0.3 is 17.9 Å². The van der Waals surface area contributed by atoms with E-state index in [1.807, 2.05) is 6.08 Å². The van der Waals surface area contributed by atoms with E-state index in [2.05, 4.69) is 167 Å². The first-order chi connectivity index (χ1) is 33.0. The second-order valence-corrected chi connectivity index (χ2v) is 16.3. The van der Waals surface area contributed by atoms with Crippen molar-refractivity contribution < 1.29 is 28.6 Å². The van der Waals surface area contributed by atoms with Gasteiger partial charge in [0, 0.05) is 12.8 Å². The van der Waals surface area contributed by atoms with Crippen LogP contribution in [-0.2, 0) is 28.6 Å². The number of carbonyl (C=O) groups excluding carboxylic acids is 3. The quantitative estimate of drug-likeness (QED) is 0.0262. The minimum atomic E-state index is -0.854. The molecule has 1 atom stereocenters. The van der Waals surface area contributed by atoms with E-state index in [1.165, 1.54) is 19.3 Å². The Hall–Kier alpha value is -4.97. The molecule has 1 unspecified atom stereocenters. The third-order valence-corrected chi connectivity index (χ3v) is 10.0. The van der Waals surface area contributed by atoms with Crippen LogP contribution in [0.15, 0.2) is 158 Å². The molecular formula is C61H92O6. The van der Waals surface area contributed by atoms with Crippen molar-refractivity contribution >= 4 is 17.9 Å². The highest BCUT2D eigenvalue weighted by Crippen LogP contribution is 2.12. The maximum absolute atomic E-state index is 12.8. The van der Waals surface area contributed by atoms with Crippen molar-refractivity contribution in [1.82, 2.24) is 0 Å². The summed E-state index contributed by atoms with van der Waals surface area (Å²) in [7, 11) is 0. The SMILES string of the molecule is CC/C=C\C/C=C\C/C=C\C/C=C\C/C=C\CCCC(=O)OCC(COC(=O)C/C=C\C/C=C\C/C=C\C/C=C\C/C=C\CC)OC(=O)CCCCCCCCC/C=C\C/C=C\C/C=C\CC. The van der Waals surface area contributed by atoms with Crippen LogP contribution in [0.1, 0.15) is 188 Å². The molecule has 372 valence electrons. The number of rotatable bonds is 44. The van der Waals surface area contributed by atoms with E-state index < -0.39 is 12.1 Å². The van der Waals surface area contributed by atoms with E-state index in [1.54, 1.807) is 6.08 Å². The summed E-state index contributed by atoms with van der Waals surface area (Å²) in [6.07, 6.45) is 78.3. The van der Waals surface area contributed by atoms with Gasteiger partial charge in [0.05, 0.1) is 6.42 Å². The Morgan fingerprint density at radius 2 is 0.612 bits per heavy atom. The van der Waals surface area contributed by atoms with Gasteiger partial charge in [0.25, 0.3) is 0 Å². The minimum Gasteiger partial charge on any atom is -0.462 e. The molecule has 0 rings (SSSR count). The van der Waals surface area contributed by atoms with E-state index in [0.717, 1.165) is 122 Å². The maximum Gasteiger partial charge on any atom is 0.309 e. The fraction of sp³-hybridized carbons (Fsp3) is 0.525. The van der Waals surface area contributed by atoms with Crippen LogP contribution in [0.3, 0.4) is 0 Å². The van der Waals surface area contributed by atoms with Gasteiger partial charge in [-0.3, -0.25) is 14.4 Å². The topological polar surface area (TPSA) is 78.9 Å². The van der Waals surface area contributed by atoms with Crippen LogP contribution in [0, 0.1) is 0 Å². The number of allylic oxidation sites excluding steroid dienone is 25. The van der Waals surface area contributed by atoms with Crippen LogP contribution in [0.4, 0.5) is 0 Å². The lowest BCUT2D eigenvalue weighted by molar-refractivity contribution is -0.166. The van der Waals surface area contributed by atoms with Crippen LogP contribution < -0.4 is 0 Å². The summed E-state index contributed by atoms with van der Waals surface area (Å²) in [6.45, 7) is 6.12. The predicted molar refractivity (Wildman–Crippen MR) is 288 cm³/mol. The van der Waals surface area contributed by atoms with Gasteiger partial charge in [0.1, 0.15) is 13.2 Å². The maximum atomic E-state index is 12.8. The van der Waals surface area contributed by atoms with Gasteiger partial charge in [0.2, 0.25) is 0 Å².